The normalized spacial score (nSPS) is 17.6. The summed E-state index contributed by atoms with van der Waals surface area (Å²) in [5.41, 5.74) is 1.64. The molecule has 2 atom stereocenters. The molecule has 0 aliphatic carbocycles. The standard InChI is InChI=1S/C35H29N7O5S3/c1-41-34(37-39-40-41)50-21-22-20-49-32-28(31(44)42(32)29(22)33(45)46)36-30(43)27(26-18-11-19-48-26)38-47-35(23-12-5-2-6-13-23,24-14-7-3-8-15-24)25-16-9-4-10-17-25/h2-19,28,32H,20-21H2,1H3,(H,36,43)(H,45,46)/b38-27+/t28-,32-/m1/s1. The highest BCUT2D eigenvalue weighted by molar-refractivity contribution is 8.01. The zero-order valence-electron chi connectivity index (χ0n) is 26.4. The molecule has 2 aliphatic heterocycles. The molecule has 3 aromatic carbocycles. The highest BCUT2D eigenvalue weighted by Crippen LogP contribution is 2.43. The van der Waals surface area contributed by atoms with Gasteiger partial charge in [0.05, 0.1) is 4.88 Å². The average Bonchev–Trinajstić information content (AvgIpc) is 3.84. The van der Waals surface area contributed by atoms with Crippen LogP contribution in [0.3, 0.4) is 0 Å². The van der Waals surface area contributed by atoms with Gasteiger partial charge in [-0.15, -0.1) is 28.2 Å². The van der Waals surface area contributed by atoms with Gasteiger partial charge in [0.25, 0.3) is 11.8 Å². The number of aromatic nitrogens is 4. The molecule has 0 bridgehead atoms. The van der Waals surface area contributed by atoms with E-state index in [1.165, 1.54) is 44.4 Å². The smallest absolute Gasteiger partial charge is 0.352 e. The molecule has 2 aliphatic rings. The van der Waals surface area contributed by atoms with E-state index in [1.54, 1.807) is 19.2 Å². The van der Waals surface area contributed by atoms with E-state index in [0.29, 0.717) is 21.4 Å². The number of aryl methyl sites for hydroxylation is 1. The molecule has 1 fully saturated rings. The third-order valence-electron chi connectivity index (χ3n) is 8.28. The van der Waals surface area contributed by atoms with E-state index in [4.69, 9.17) is 4.84 Å². The molecule has 0 radical (unpaired) electrons. The number of β-lactam (4-membered cyclic amide) rings is 1. The van der Waals surface area contributed by atoms with Crippen LogP contribution in [0.2, 0.25) is 0 Å². The lowest BCUT2D eigenvalue weighted by molar-refractivity contribution is -0.150. The number of tetrazole rings is 1. The highest BCUT2D eigenvalue weighted by Gasteiger charge is 2.54. The quantitative estimate of drug-likeness (QED) is 0.0619. The molecule has 0 unspecified atom stereocenters. The summed E-state index contributed by atoms with van der Waals surface area (Å²) < 4.78 is 1.49. The molecule has 0 saturated carbocycles. The van der Waals surface area contributed by atoms with E-state index in [9.17, 15) is 19.5 Å². The molecule has 252 valence electrons. The van der Waals surface area contributed by atoms with Crippen molar-refractivity contribution >= 4 is 58.4 Å². The Morgan fingerprint density at radius 3 is 2.12 bits per heavy atom. The largest absolute Gasteiger partial charge is 0.477 e. The summed E-state index contributed by atoms with van der Waals surface area (Å²) in [6, 6.07) is 31.6. The summed E-state index contributed by atoms with van der Waals surface area (Å²) in [5.74, 6) is -1.72. The van der Waals surface area contributed by atoms with Crippen molar-refractivity contribution in [1.82, 2.24) is 30.4 Å². The SMILES string of the molecule is Cn1nnnc1SCC1=C(C(=O)O)N2C(=O)[C@@H](NC(=O)/C(=N/OC(c3ccccc3)(c3ccccc3)c3ccccc3)c3cccs3)[C@H]2SC1. The molecule has 7 rings (SSSR count). The highest BCUT2D eigenvalue weighted by atomic mass is 32.2. The van der Waals surface area contributed by atoms with Crippen LogP contribution in [0.5, 0.6) is 0 Å². The van der Waals surface area contributed by atoms with E-state index >= 15 is 0 Å². The Morgan fingerprint density at radius 2 is 1.60 bits per heavy atom. The monoisotopic (exact) mass is 723 g/mol. The number of nitrogens with zero attached hydrogens (tertiary/aromatic N) is 6. The summed E-state index contributed by atoms with van der Waals surface area (Å²) in [4.78, 5) is 48.5. The first kappa shape index (κ1) is 33.3. The summed E-state index contributed by atoms with van der Waals surface area (Å²) in [6.45, 7) is 0. The fraction of sp³-hybridized carbons (Fsp3) is 0.171. The van der Waals surface area contributed by atoms with Crippen LogP contribution in [0.15, 0.2) is 130 Å². The van der Waals surface area contributed by atoms with Crippen molar-refractivity contribution < 1.29 is 24.3 Å². The number of oxime groups is 1. The maximum Gasteiger partial charge on any atom is 0.352 e. The van der Waals surface area contributed by atoms with E-state index in [1.807, 2.05) is 96.4 Å². The van der Waals surface area contributed by atoms with Crippen molar-refractivity contribution in [3.05, 3.63) is 141 Å². The lowest BCUT2D eigenvalue weighted by Gasteiger charge is -2.49. The van der Waals surface area contributed by atoms with Crippen molar-refractivity contribution in [1.29, 1.82) is 0 Å². The molecule has 15 heteroatoms. The fourth-order valence-electron chi connectivity index (χ4n) is 5.90. The van der Waals surface area contributed by atoms with Gasteiger partial charge in [-0.2, -0.15) is 0 Å². The Labute approximate surface area is 299 Å². The molecule has 5 aromatic rings. The Kier molecular flexibility index (Phi) is 9.52. The van der Waals surface area contributed by atoms with Crippen LogP contribution < -0.4 is 5.32 Å². The number of aliphatic carboxylic acids is 1. The Bertz CT molecular complexity index is 1980. The van der Waals surface area contributed by atoms with Gasteiger partial charge >= 0.3 is 5.97 Å². The number of carbonyl (C=O) groups is 3. The van der Waals surface area contributed by atoms with Crippen molar-refractivity contribution in [2.75, 3.05) is 11.5 Å². The van der Waals surface area contributed by atoms with Crippen molar-refractivity contribution in [2.24, 2.45) is 12.2 Å². The Morgan fingerprint density at radius 1 is 0.980 bits per heavy atom. The maximum atomic E-state index is 14.1. The van der Waals surface area contributed by atoms with Crippen molar-refractivity contribution in [3.8, 4) is 0 Å². The van der Waals surface area contributed by atoms with Crippen LogP contribution in [0, 0.1) is 0 Å². The number of hydrogen-bond acceptors (Lipinski definition) is 11. The topological polar surface area (TPSA) is 152 Å². The number of thiophene rings is 1. The summed E-state index contributed by atoms with van der Waals surface area (Å²) in [5, 5.41) is 30.6. The van der Waals surface area contributed by atoms with Gasteiger partial charge in [0, 0.05) is 35.2 Å². The van der Waals surface area contributed by atoms with Crippen molar-refractivity contribution in [2.45, 2.75) is 22.2 Å². The van der Waals surface area contributed by atoms with Gasteiger partial charge < -0.3 is 15.3 Å². The van der Waals surface area contributed by atoms with Gasteiger partial charge in [-0.1, -0.05) is 114 Å². The number of carboxylic acids is 1. The minimum absolute atomic E-state index is 0.0115. The Hall–Kier alpha value is -5.25. The van der Waals surface area contributed by atoms with Crippen LogP contribution in [-0.4, -0.2) is 76.6 Å². The lowest BCUT2D eigenvalue weighted by atomic mass is 9.80. The van der Waals surface area contributed by atoms with Gasteiger partial charge in [0.2, 0.25) is 10.8 Å². The number of nitrogens with one attached hydrogen (secondary N) is 1. The van der Waals surface area contributed by atoms with E-state index < -0.39 is 34.8 Å². The van der Waals surface area contributed by atoms with E-state index in [0.717, 1.165) is 16.7 Å². The number of fused-ring (bicyclic) bond motifs is 1. The molecule has 2 amide bonds. The summed E-state index contributed by atoms with van der Waals surface area (Å²) >= 11 is 3.98. The summed E-state index contributed by atoms with van der Waals surface area (Å²) in [7, 11) is 1.69. The minimum atomic E-state index is -1.23. The molecular weight excluding hydrogens is 695 g/mol. The fourth-order valence-corrected chi connectivity index (χ4v) is 8.94. The average molecular weight is 724 g/mol. The predicted molar refractivity (Wildman–Crippen MR) is 190 cm³/mol. The van der Waals surface area contributed by atoms with Gasteiger partial charge in [-0.25, -0.2) is 9.48 Å². The minimum Gasteiger partial charge on any atom is -0.477 e. The van der Waals surface area contributed by atoms with Gasteiger partial charge in [-0.3, -0.25) is 14.5 Å². The van der Waals surface area contributed by atoms with Gasteiger partial charge in [-0.05, 0) is 27.4 Å². The molecule has 50 heavy (non-hydrogen) atoms. The van der Waals surface area contributed by atoms with E-state index in [2.05, 4.69) is 26.0 Å². The zero-order chi connectivity index (χ0) is 34.7. The molecule has 0 spiro atoms. The number of rotatable bonds is 12. The molecule has 1 saturated heterocycles. The van der Waals surface area contributed by atoms with Gasteiger partial charge in [0.15, 0.2) is 5.71 Å². The van der Waals surface area contributed by atoms with Gasteiger partial charge in [0.1, 0.15) is 17.1 Å². The third-order valence-corrected chi connectivity index (χ3v) is 11.6. The number of carbonyl (C=O) groups excluding carboxylic acids is 2. The molecule has 2 aromatic heterocycles. The Balaban J connectivity index is 1.19. The second-order valence-electron chi connectivity index (χ2n) is 11.3. The van der Waals surface area contributed by atoms with Crippen LogP contribution in [0.25, 0.3) is 0 Å². The maximum absolute atomic E-state index is 14.1. The van der Waals surface area contributed by atoms with Crippen LogP contribution in [0.1, 0.15) is 21.6 Å². The molecule has 12 nitrogen and oxygen atoms in total. The molecular formula is C35H29N7O5S3. The van der Waals surface area contributed by atoms with Crippen LogP contribution in [-0.2, 0) is 31.9 Å². The predicted octanol–water partition coefficient (Wildman–Crippen LogP) is 4.52. The third kappa shape index (κ3) is 6.19. The second-order valence-corrected chi connectivity index (χ2v) is 14.3. The number of hydrogen-bond donors (Lipinski definition) is 2. The first-order chi connectivity index (χ1) is 24.4. The number of thioether (sulfide) groups is 2. The van der Waals surface area contributed by atoms with E-state index in [-0.39, 0.29) is 17.2 Å². The first-order valence-corrected chi connectivity index (χ1v) is 18.3. The lowest BCUT2D eigenvalue weighted by Crippen LogP contribution is -2.71. The van der Waals surface area contributed by atoms with Crippen LogP contribution >= 0.6 is 34.9 Å². The molecule has 4 heterocycles. The number of amides is 2. The first-order valence-electron chi connectivity index (χ1n) is 15.4. The number of benzene rings is 3. The summed E-state index contributed by atoms with van der Waals surface area (Å²) in [6.07, 6.45) is 0. The molecule has 2 N–H and O–H groups in total. The second kappa shape index (κ2) is 14.3. The zero-order valence-corrected chi connectivity index (χ0v) is 28.9. The van der Waals surface area contributed by atoms with Crippen molar-refractivity contribution in [3.63, 3.8) is 0 Å². The number of carboxylic acid groups (broad SMARTS) is 1. The van der Waals surface area contributed by atoms with Crippen LogP contribution in [0.4, 0.5) is 0 Å².